The molecule has 0 spiro atoms. The van der Waals surface area contributed by atoms with Gasteiger partial charge in [0.15, 0.2) is 0 Å². The molecule has 8 nitrogen and oxygen atoms in total. The van der Waals surface area contributed by atoms with Crippen LogP contribution in [0.3, 0.4) is 0 Å². The number of hydrogen-bond acceptors (Lipinski definition) is 6. The van der Waals surface area contributed by atoms with Gasteiger partial charge in [0.2, 0.25) is 11.8 Å². The summed E-state index contributed by atoms with van der Waals surface area (Å²) in [6.45, 7) is 1.52. The Morgan fingerprint density at radius 2 is 2.11 bits per heavy atom. The van der Waals surface area contributed by atoms with Crippen LogP contribution in [0.2, 0.25) is 0 Å². The molecule has 138 valence electrons. The molecule has 0 fully saturated rings. The number of anilines is 2. The standard InChI is InChI=1S/C18H16N4O4S/c1-11-9-15(23)19-12-5-2-3-6-13(12)22(11)16(24)10-21-18(25)26-17(20-21)14-7-4-8-27-14/h2-8,11H,9-10H2,1H3,(H,19,23). The second-order valence-electron chi connectivity index (χ2n) is 6.19. The number of fused-ring (bicyclic) bond motifs is 1. The van der Waals surface area contributed by atoms with Crippen LogP contribution in [0.25, 0.3) is 10.8 Å². The number of carbonyl (C=O) groups is 2. The number of carbonyl (C=O) groups excluding carboxylic acids is 2. The monoisotopic (exact) mass is 384 g/mol. The highest BCUT2D eigenvalue weighted by Gasteiger charge is 2.30. The van der Waals surface area contributed by atoms with E-state index < -0.39 is 5.76 Å². The first kappa shape index (κ1) is 17.2. The Balaban J connectivity index is 1.65. The fraction of sp³-hybridized carbons (Fsp3) is 0.222. The number of benzene rings is 1. The normalized spacial score (nSPS) is 16.6. The Morgan fingerprint density at radius 1 is 1.30 bits per heavy atom. The Labute approximate surface area is 158 Å². The molecule has 4 rings (SSSR count). The molecular weight excluding hydrogens is 368 g/mol. The van der Waals surface area contributed by atoms with Crippen LogP contribution < -0.4 is 16.0 Å². The van der Waals surface area contributed by atoms with Crippen LogP contribution >= 0.6 is 11.3 Å². The first-order valence-electron chi connectivity index (χ1n) is 8.35. The maximum atomic E-state index is 13.0. The van der Waals surface area contributed by atoms with E-state index in [1.807, 2.05) is 11.4 Å². The third-order valence-electron chi connectivity index (χ3n) is 4.25. The largest absolute Gasteiger partial charge is 0.437 e. The van der Waals surface area contributed by atoms with Crippen molar-refractivity contribution < 1.29 is 14.0 Å². The number of para-hydroxylation sites is 2. The average molecular weight is 384 g/mol. The van der Waals surface area contributed by atoms with E-state index in [0.717, 1.165) is 4.68 Å². The van der Waals surface area contributed by atoms with Gasteiger partial charge in [-0.2, -0.15) is 4.68 Å². The van der Waals surface area contributed by atoms with Crippen LogP contribution in [0, 0.1) is 0 Å². The van der Waals surface area contributed by atoms with Crippen LogP contribution in [0.1, 0.15) is 13.3 Å². The summed E-state index contributed by atoms with van der Waals surface area (Å²) in [5, 5.41) is 8.77. The lowest BCUT2D eigenvalue weighted by atomic mass is 10.1. The van der Waals surface area contributed by atoms with E-state index in [2.05, 4.69) is 10.4 Å². The van der Waals surface area contributed by atoms with Gasteiger partial charge in [0.05, 0.1) is 16.3 Å². The van der Waals surface area contributed by atoms with Crippen LogP contribution in [0.15, 0.2) is 51.0 Å². The molecular formula is C18H16N4O4S. The van der Waals surface area contributed by atoms with Gasteiger partial charge in [-0.3, -0.25) is 9.59 Å². The summed E-state index contributed by atoms with van der Waals surface area (Å²) in [4.78, 5) is 39.4. The number of amides is 2. The summed E-state index contributed by atoms with van der Waals surface area (Å²) in [6.07, 6.45) is 0.161. The number of thiophene rings is 1. The van der Waals surface area contributed by atoms with Crippen LogP contribution in [-0.2, 0) is 16.1 Å². The summed E-state index contributed by atoms with van der Waals surface area (Å²) in [7, 11) is 0. The molecule has 0 saturated carbocycles. The van der Waals surface area contributed by atoms with Gasteiger partial charge < -0.3 is 14.6 Å². The molecule has 0 radical (unpaired) electrons. The summed E-state index contributed by atoms with van der Waals surface area (Å²) in [5.41, 5.74) is 1.16. The van der Waals surface area contributed by atoms with E-state index in [1.54, 1.807) is 37.3 Å². The third-order valence-corrected chi connectivity index (χ3v) is 5.11. The first-order chi connectivity index (χ1) is 13.0. The van der Waals surface area contributed by atoms with Gasteiger partial charge in [-0.15, -0.1) is 16.4 Å². The first-order valence-corrected chi connectivity index (χ1v) is 9.23. The minimum Gasteiger partial charge on any atom is -0.387 e. The summed E-state index contributed by atoms with van der Waals surface area (Å²) >= 11 is 1.39. The van der Waals surface area contributed by atoms with Crippen LogP contribution in [0.4, 0.5) is 11.4 Å². The molecule has 3 aromatic rings. The fourth-order valence-corrected chi connectivity index (χ4v) is 3.72. The van der Waals surface area contributed by atoms with Gasteiger partial charge in [0.1, 0.15) is 6.54 Å². The summed E-state index contributed by atoms with van der Waals surface area (Å²) in [5.74, 6) is -1.02. The molecule has 0 aliphatic carbocycles. The number of nitrogens with one attached hydrogen (secondary N) is 1. The Morgan fingerprint density at radius 3 is 2.89 bits per heavy atom. The molecule has 3 heterocycles. The van der Waals surface area contributed by atoms with E-state index in [9.17, 15) is 14.4 Å². The highest BCUT2D eigenvalue weighted by molar-refractivity contribution is 7.13. The quantitative estimate of drug-likeness (QED) is 0.747. The maximum absolute atomic E-state index is 13.0. The zero-order valence-corrected chi connectivity index (χ0v) is 15.2. The minimum atomic E-state index is -0.697. The van der Waals surface area contributed by atoms with E-state index in [0.29, 0.717) is 16.3 Å². The molecule has 2 aromatic heterocycles. The lowest BCUT2D eigenvalue weighted by Gasteiger charge is -2.27. The second kappa shape index (κ2) is 6.84. The summed E-state index contributed by atoms with van der Waals surface area (Å²) in [6, 6.07) is 10.3. The van der Waals surface area contributed by atoms with Crippen molar-refractivity contribution in [3.8, 4) is 10.8 Å². The van der Waals surface area contributed by atoms with Gasteiger partial charge >= 0.3 is 5.76 Å². The molecule has 27 heavy (non-hydrogen) atoms. The average Bonchev–Trinajstić information content (AvgIpc) is 3.24. The number of hydrogen-bond donors (Lipinski definition) is 1. The molecule has 1 aromatic carbocycles. The lowest BCUT2D eigenvalue weighted by Crippen LogP contribution is -2.42. The predicted molar refractivity (Wildman–Crippen MR) is 101 cm³/mol. The lowest BCUT2D eigenvalue weighted by molar-refractivity contribution is -0.120. The van der Waals surface area contributed by atoms with Crippen molar-refractivity contribution in [2.75, 3.05) is 10.2 Å². The van der Waals surface area contributed by atoms with Crippen molar-refractivity contribution in [2.45, 2.75) is 25.9 Å². The van der Waals surface area contributed by atoms with Gasteiger partial charge in [0, 0.05) is 12.5 Å². The zero-order valence-electron chi connectivity index (χ0n) is 14.4. The van der Waals surface area contributed by atoms with E-state index in [-0.39, 0.29) is 36.7 Å². The van der Waals surface area contributed by atoms with Gasteiger partial charge in [-0.05, 0) is 30.5 Å². The number of rotatable bonds is 3. The fourth-order valence-electron chi connectivity index (χ4n) is 3.08. The SMILES string of the molecule is CC1CC(=O)Nc2ccccc2N1C(=O)Cn1nc(-c2cccs2)oc1=O. The number of aromatic nitrogens is 2. The van der Waals surface area contributed by atoms with Crippen molar-refractivity contribution >= 4 is 34.5 Å². The molecule has 0 bridgehead atoms. The minimum absolute atomic E-state index is 0.161. The zero-order chi connectivity index (χ0) is 19.0. The van der Waals surface area contributed by atoms with Crippen LogP contribution in [0.5, 0.6) is 0 Å². The number of nitrogens with zero attached hydrogens (tertiary/aromatic N) is 3. The second-order valence-corrected chi connectivity index (χ2v) is 7.14. The third kappa shape index (κ3) is 3.28. The van der Waals surface area contributed by atoms with Gasteiger partial charge in [-0.25, -0.2) is 4.79 Å². The van der Waals surface area contributed by atoms with Crippen molar-refractivity contribution in [3.63, 3.8) is 0 Å². The van der Waals surface area contributed by atoms with E-state index in [1.165, 1.54) is 16.2 Å². The maximum Gasteiger partial charge on any atom is 0.437 e. The smallest absolute Gasteiger partial charge is 0.387 e. The van der Waals surface area contributed by atoms with Crippen molar-refractivity contribution in [3.05, 3.63) is 52.3 Å². The topological polar surface area (TPSA) is 97.4 Å². The van der Waals surface area contributed by atoms with Gasteiger partial charge in [-0.1, -0.05) is 18.2 Å². The molecule has 2 amide bonds. The molecule has 1 aliphatic heterocycles. The van der Waals surface area contributed by atoms with Crippen LogP contribution in [-0.4, -0.2) is 27.6 Å². The highest BCUT2D eigenvalue weighted by Crippen LogP contribution is 2.31. The Bertz CT molecular complexity index is 1050. The molecule has 9 heteroatoms. The van der Waals surface area contributed by atoms with Crippen molar-refractivity contribution in [2.24, 2.45) is 0 Å². The van der Waals surface area contributed by atoms with Crippen molar-refractivity contribution in [1.29, 1.82) is 0 Å². The molecule has 1 unspecified atom stereocenters. The Hall–Kier alpha value is -3.20. The van der Waals surface area contributed by atoms with E-state index >= 15 is 0 Å². The Kier molecular flexibility index (Phi) is 4.36. The molecule has 1 atom stereocenters. The van der Waals surface area contributed by atoms with Gasteiger partial charge in [0.25, 0.3) is 5.89 Å². The molecule has 1 N–H and O–H groups in total. The highest BCUT2D eigenvalue weighted by atomic mass is 32.1. The molecule has 1 aliphatic rings. The van der Waals surface area contributed by atoms with Crippen molar-refractivity contribution in [1.82, 2.24) is 9.78 Å². The summed E-state index contributed by atoms with van der Waals surface area (Å²) < 4.78 is 6.16. The van der Waals surface area contributed by atoms with E-state index in [4.69, 9.17) is 4.42 Å². The predicted octanol–water partition coefficient (Wildman–Crippen LogP) is 2.33. The molecule has 0 saturated heterocycles.